The van der Waals surface area contributed by atoms with Gasteiger partial charge in [0.15, 0.2) is 0 Å². The Bertz CT molecular complexity index is 358. The lowest BCUT2D eigenvalue weighted by Crippen LogP contribution is -2.38. The highest BCUT2D eigenvalue weighted by molar-refractivity contribution is 9.10. The molecule has 2 rings (SSSR count). The van der Waals surface area contributed by atoms with E-state index in [1.165, 1.54) is 41.8 Å². The summed E-state index contributed by atoms with van der Waals surface area (Å²) in [5.74, 6) is 0.926. The van der Waals surface area contributed by atoms with Crippen molar-refractivity contribution in [1.82, 2.24) is 10.2 Å². The normalized spacial score (nSPS) is 20.2. The Kier molecular flexibility index (Phi) is 5.67. The maximum atomic E-state index is 3.62. The molecule has 0 aliphatic carbocycles. The fourth-order valence-corrected chi connectivity index (χ4v) is 4.18. The molecule has 1 aliphatic heterocycles. The van der Waals surface area contributed by atoms with Gasteiger partial charge in [0, 0.05) is 28.5 Å². The van der Waals surface area contributed by atoms with E-state index in [1.807, 2.05) is 11.3 Å². The lowest BCUT2D eigenvalue weighted by Gasteiger charge is -2.30. The van der Waals surface area contributed by atoms with Crippen LogP contribution in [0, 0.1) is 5.92 Å². The zero-order valence-corrected chi connectivity index (χ0v) is 13.7. The summed E-state index contributed by atoms with van der Waals surface area (Å²) < 4.78 is 1.24. The topological polar surface area (TPSA) is 15.3 Å². The van der Waals surface area contributed by atoms with E-state index in [4.69, 9.17) is 0 Å². The van der Waals surface area contributed by atoms with Crippen LogP contribution in [0.2, 0.25) is 0 Å². The molecule has 0 radical (unpaired) electrons. The first-order chi connectivity index (χ1) is 8.66. The molecule has 102 valence electrons. The van der Waals surface area contributed by atoms with Crippen LogP contribution in [0.15, 0.2) is 15.9 Å². The summed E-state index contributed by atoms with van der Waals surface area (Å²) in [6.45, 7) is 9.43. The van der Waals surface area contributed by atoms with Crippen LogP contribution in [-0.2, 0) is 0 Å². The van der Waals surface area contributed by atoms with Gasteiger partial charge in [-0.2, -0.15) is 0 Å². The van der Waals surface area contributed by atoms with Gasteiger partial charge in [-0.25, -0.2) is 0 Å². The number of thiophene rings is 1. The summed E-state index contributed by atoms with van der Waals surface area (Å²) in [6, 6.07) is 2.58. The van der Waals surface area contributed by atoms with Gasteiger partial charge in [0.2, 0.25) is 0 Å². The van der Waals surface area contributed by atoms with E-state index >= 15 is 0 Å². The third-order valence-electron chi connectivity index (χ3n) is 3.79. The van der Waals surface area contributed by atoms with E-state index < -0.39 is 0 Å². The number of likely N-dealkylation sites (tertiary alicyclic amines) is 1. The predicted molar refractivity (Wildman–Crippen MR) is 83.3 cm³/mol. The minimum Gasteiger partial charge on any atom is -0.308 e. The number of nitrogens with zero attached hydrogens (tertiary/aromatic N) is 1. The fraction of sp³-hybridized carbons (Fsp3) is 0.714. The molecule has 0 aromatic carbocycles. The first-order valence-corrected chi connectivity index (χ1v) is 8.52. The van der Waals surface area contributed by atoms with Gasteiger partial charge in [0.25, 0.3) is 0 Å². The summed E-state index contributed by atoms with van der Waals surface area (Å²) in [5.41, 5.74) is 0. The van der Waals surface area contributed by atoms with Crippen LogP contribution in [0.1, 0.15) is 37.6 Å². The summed E-state index contributed by atoms with van der Waals surface area (Å²) in [4.78, 5) is 3.99. The van der Waals surface area contributed by atoms with Crippen LogP contribution in [0.4, 0.5) is 0 Å². The van der Waals surface area contributed by atoms with Gasteiger partial charge in [-0.15, -0.1) is 11.3 Å². The minimum absolute atomic E-state index is 0.447. The standard InChI is InChI=1S/C14H23BrN2S/c1-11-3-7-17(8-4-11)9-6-16-12(2)14-13(15)5-10-18-14/h5,10-12,16H,3-4,6-9H2,1-2H3. The summed E-state index contributed by atoms with van der Waals surface area (Å²) in [6.07, 6.45) is 2.73. The highest BCUT2D eigenvalue weighted by Crippen LogP contribution is 2.28. The quantitative estimate of drug-likeness (QED) is 0.880. The Hall–Kier alpha value is 0.100. The van der Waals surface area contributed by atoms with Crippen molar-refractivity contribution in [3.05, 3.63) is 20.8 Å². The molecule has 1 aromatic heterocycles. The molecule has 1 atom stereocenters. The Morgan fingerprint density at radius 1 is 1.50 bits per heavy atom. The highest BCUT2D eigenvalue weighted by atomic mass is 79.9. The Morgan fingerprint density at radius 3 is 2.83 bits per heavy atom. The number of hydrogen-bond acceptors (Lipinski definition) is 3. The van der Waals surface area contributed by atoms with Crippen LogP contribution < -0.4 is 5.32 Å². The number of piperidine rings is 1. The fourth-order valence-electron chi connectivity index (χ4n) is 2.43. The van der Waals surface area contributed by atoms with Gasteiger partial charge >= 0.3 is 0 Å². The first kappa shape index (κ1) is 14.5. The molecule has 1 aromatic rings. The van der Waals surface area contributed by atoms with Crippen LogP contribution >= 0.6 is 27.3 Å². The van der Waals surface area contributed by atoms with E-state index in [0.29, 0.717) is 6.04 Å². The zero-order chi connectivity index (χ0) is 13.0. The van der Waals surface area contributed by atoms with Crippen molar-refractivity contribution in [3.63, 3.8) is 0 Å². The van der Waals surface area contributed by atoms with Crippen molar-refractivity contribution in [1.29, 1.82) is 0 Å². The first-order valence-electron chi connectivity index (χ1n) is 6.85. The monoisotopic (exact) mass is 330 g/mol. The van der Waals surface area contributed by atoms with E-state index in [-0.39, 0.29) is 0 Å². The van der Waals surface area contributed by atoms with Crippen molar-refractivity contribution in [2.24, 2.45) is 5.92 Å². The SMILES string of the molecule is CC1CCN(CCNC(C)c2sccc2Br)CC1. The molecule has 1 fully saturated rings. The number of halogens is 1. The Balaban J connectivity index is 1.68. The van der Waals surface area contributed by atoms with Crippen LogP contribution in [0.5, 0.6) is 0 Å². The summed E-state index contributed by atoms with van der Waals surface area (Å²) in [7, 11) is 0. The third kappa shape index (κ3) is 4.05. The lowest BCUT2D eigenvalue weighted by molar-refractivity contribution is 0.191. The molecule has 1 saturated heterocycles. The predicted octanol–water partition coefficient (Wildman–Crippen LogP) is 3.89. The van der Waals surface area contributed by atoms with Crippen molar-refractivity contribution in [2.45, 2.75) is 32.7 Å². The van der Waals surface area contributed by atoms with Crippen molar-refractivity contribution in [2.75, 3.05) is 26.2 Å². The smallest absolute Gasteiger partial charge is 0.0397 e. The molecule has 0 saturated carbocycles. The summed E-state index contributed by atoms with van der Waals surface area (Å²) in [5, 5.41) is 5.77. The van der Waals surface area contributed by atoms with E-state index in [2.05, 4.69) is 51.4 Å². The second-order valence-corrected chi connectivity index (χ2v) is 7.13. The van der Waals surface area contributed by atoms with Gasteiger partial charge in [-0.1, -0.05) is 6.92 Å². The van der Waals surface area contributed by atoms with Crippen molar-refractivity contribution < 1.29 is 0 Å². The Labute approximate surface area is 123 Å². The average molecular weight is 331 g/mol. The van der Waals surface area contributed by atoms with E-state index in [9.17, 15) is 0 Å². The molecule has 1 aliphatic rings. The molecular formula is C14H23BrN2S. The molecule has 0 bridgehead atoms. The number of hydrogen-bond donors (Lipinski definition) is 1. The van der Waals surface area contributed by atoms with Gasteiger partial charge in [-0.3, -0.25) is 0 Å². The average Bonchev–Trinajstić information content (AvgIpc) is 2.78. The van der Waals surface area contributed by atoms with E-state index in [1.54, 1.807) is 0 Å². The zero-order valence-electron chi connectivity index (χ0n) is 11.3. The van der Waals surface area contributed by atoms with Gasteiger partial charge in [0.05, 0.1) is 0 Å². The summed E-state index contributed by atoms with van der Waals surface area (Å²) >= 11 is 5.42. The van der Waals surface area contributed by atoms with E-state index in [0.717, 1.165) is 12.5 Å². The molecule has 1 unspecified atom stereocenters. The minimum atomic E-state index is 0.447. The highest BCUT2D eigenvalue weighted by Gasteiger charge is 2.15. The van der Waals surface area contributed by atoms with Crippen molar-refractivity contribution in [3.8, 4) is 0 Å². The van der Waals surface area contributed by atoms with Gasteiger partial charge in [-0.05, 0) is 66.1 Å². The maximum Gasteiger partial charge on any atom is 0.0397 e. The van der Waals surface area contributed by atoms with Gasteiger partial charge in [0.1, 0.15) is 0 Å². The second kappa shape index (κ2) is 7.04. The van der Waals surface area contributed by atoms with Crippen LogP contribution in [0.25, 0.3) is 0 Å². The maximum absolute atomic E-state index is 3.62. The molecule has 2 heterocycles. The largest absolute Gasteiger partial charge is 0.308 e. The molecule has 18 heavy (non-hydrogen) atoms. The molecule has 0 spiro atoms. The Morgan fingerprint density at radius 2 is 2.22 bits per heavy atom. The molecule has 4 heteroatoms. The van der Waals surface area contributed by atoms with Crippen LogP contribution in [-0.4, -0.2) is 31.1 Å². The van der Waals surface area contributed by atoms with Crippen LogP contribution in [0.3, 0.4) is 0 Å². The molecular weight excluding hydrogens is 308 g/mol. The number of nitrogens with one attached hydrogen (secondary N) is 1. The van der Waals surface area contributed by atoms with Gasteiger partial charge < -0.3 is 10.2 Å². The number of rotatable bonds is 5. The van der Waals surface area contributed by atoms with Crippen molar-refractivity contribution >= 4 is 27.3 Å². The molecule has 1 N–H and O–H groups in total. The molecule has 2 nitrogen and oxygen atoms in total. The molecule has 0 amide bonds. The second-order valence-electron chi connectivity index (χ2n) is 5.33. The third-order valence-corrected chi connectivity index (χ3v) is 5.85. The lowest BCUT2D eigenvalue weighted by atomic mass is 9.99.